The fourth-order valence-electron chi connectivity index (χ4n) is 5.14. The molecule has 3 rings (SSSR count). The van der Waals surface area contributed by atoms with Gasteiger partial charge in [0.15, 0.2) is 0 Å². The summed E-state index contributed by atoms with van der Waals surface area (Å²) in [5.41, 5.74) is 4.21. The first kappa shape index (κ1) is 21.2. The fraction of sp³-hybridized carbons (Fsp3) is 0.720. The van der Waals surface area contributed by atoms with Crippen molar-refractivity contribution in [3.05, 3.63) is 29.6 Å². The van der Waals surface area contributed by atoms with Gasteiger partial charge < -0.3 is 0 Å². The van der Waals surface area contributed by atoms with E-state index in [-0.39, 0.29) is 0 Å². The van der Waals surface area contributed by atoms with Gasteiger partial charge >= 0.3 is 0 Å². The smallest absolute Gasteiger partial charge is 0.0845 e. The molecule has 0 radical (unpaired) electrons. The molecule has 154 valence electrons. The molecule has 0 amide bonds. The maximum Gasteiger partial charge on any atom is 0.0845 e. The molecule has 2 aliphatic carbocycles. The molecule has 4 atom stereocenters. The van der Waals surface area contributed by atoms with Gasteiger partial charge in [0.2, 0.25) is 0 Å². The van der Waals surface area contributed by atoms with E-state index < -0.39 is 0 Å². The summed E-state index contributed by atoms with van der Waals surface area (Å²) in [6.07, 6.45) is 13.0. The summed E-state index contributed by atoms with van der Waals surface area (Å²) in [5, 5.41) is 0. The van der Waals surface area contributed by atoms with Gasteiger partial charge in [-0.1, -0.05) is 58.4 Å². The lowest BCUT2D eigenvalue weighted by atomic mass is 9.83. The van der Waals surface area contributed by atoms with Gasteiger partial charge in [0.25, 0.3) is 0 Å². The second kappa shape index (κ2) is 10.3. The summed E-state index contributed by atoms with van der Waals surface area (Å²) in [4.78, 5) is 15.2. The Bertz CT molecular complexity index is 636. The highest BCUT2D eigenvalue weighted by atomic mass is 14.9. The SMILES string of the molecule is CC[C@@H]1CCCCC1N=C(C)c1cccc(C(C)=NC2CCCC[C@@H]2CC)n1. The lowest BCUT2D eigenvalue weighted by Crippen LogP contribution is -2.24. The molecule has 2 unspecified atom stereocenters. The lowest BCUT2D eigenvalue weighted by molar-refractivity contribution is 0.302. The molecule has 1 aromatic rings. The zero-order valence-corrected chi connectivity index (χ0v) is 18.5. The molecule has 2 saturated carbocycles. The summed E-state index contributed by atoms with van der Waals surface area (Å²) in [7, 11) is 0. The number of hydrogen-bond donors (Lipinski definition) is 0. The number of hydrogen-bond acceptors (Lipinski definition) is 3. The molecule has 0 aliphatic heterocycles. The predicted octanol–water partition coefficient (Wildman–Crippen LogP) is 6.64. The zero-order valence-electron chi connectivity index (χ0n) is 18.5. The van der Waals surface area contributed by atoms with E-state index in [1.165, 1.54) is 64.2 Å². The van der Waals surface area contributed by atoms with E-state index in [0.29, 0.717) is 12.1 Å². The van der Waals surface area contributed by atoms with Crippen LogP contribution in [0, 0.1) is 11.8 Å². The summed E-state index contributed by atoms with van der Waals surface area (Å²) < 4.78 is 0. The molecule has 3 nitrogen and oxygen atoms in total. The minimum atomic E-state index is 0.478. The van der Waals surface area contributed by atoms with Crippen molar-refractivity contribution in [2.75, 3.05) is 0 Å². The zero-order chi connectivity index (χ0) is 19.9. The maximum absolute atomic E-state index is 5.11. The first-order valence-corrected chi connectivity index (χ1v) is 11.7. The highest BCUT2D eigenvalue weighted by molar-refractivity contribution is 6.00. The number of aromatic nitrogens is 1. The van der Waals surface area contributed by atoms with Crippen LogP contribution in [0.4, 0.5) is 0 Å². The van der Waals surface area contributed by atoms with Gasteiger partial charge in [-0.2, -0.15) is 0 Å². The van der Waals surface area contributed by atoms with Crippen molar-refractivity contribution in [1.29, 1.82) is 0 Å². The van der Waals surface area contributed by atoms with Crippen molar-refractivity contribution < 1.29 is 0 Å². The average Bonchev–Trinajstić information content (AvgIpc) is 2.74. The Morgan fingerprint density at radius 2 is 1.21 bits per heavy atom. The van der Waals surface area contributed by atoms with Gasteiger partial charge in [0, 0.05) is 0 Å². The first-order valence-electron chi connectivity index (χ1n) is 11.7. The molecule has 2 fully saturated rings. The number of nitrogens with zero attached hydrogens (tertiary/aromatic N) is 3. The number of rotatable bonds is 6. The van der Waals surface area contributed by atoms with Gasteiger partial charge in [0.05, 0.1) is 34.9 Å². The van der Waals surface area contributed by atoms with Gasteiger partial charge in [-0.15, -0.1) is 0 Å². The minimum Gasteiger partial charge on any atom is -0.284 e. The van der Waals surface area contributed by atoms with Crippen LogP contribution in [0.3, 0.4) is 0 Å². The second-order valence-electron chi connectivity index (χ2n) is 8.88. The van der Waals surface area contributed by atoms with Crippen LogP contribution in [0.2, 0.25) is 0 Å². The van der Waals surface area contributed by atoms with E-state index in [9.17, 15) is 0 Å². The third kappa shape index (κ3) is 5.30. The summed E-state index contributed by atoms with van der Waals surface area (Å²) in [5.74, 6) is 1.49. The highest BCUT2D eigenvalue weighted by Crippen LogP contribution is 2.30. The fourth-order valence-corrected chi connectivity index (χ4v) is 5.14. The van der Waals surface area contributed by atoms with Crippen molar-refractivity contribution in [2.24, 2.45) is 21.8 Å². The van der Waals surface area contributed by atoms with Crippen LogP contribution in [0.15, 0.2) is 28.2 Å². The molecule has 1 heterocycles. The second-order valence-corrected chi connectivity index (χ2v) is 8.88. The van der Waals surface area contributed by atoms with Crippen molar-refractivity contribution >= 4 is 11.4 Å². The third-order valence-electron chi connectivity index (χ3n) is 7.00. The molecule has 0 aromatic carbocycles. The lowest BCUT2D eigenvalue weighted by Gasteiger charge is -2.28. The Kier molecular flexibility index (Phi) is 7.82. The Morgan fingerprint density at radius 3 is 1.64 bits per heavy atom. The quantitative estimate of drug-likeness (QED) is 0.509. The molecular weight excluding hydrogens is 342 g/mol. The molecule has 0 bridgehead atoms. The van der Waals surface area contributed by atoms with E-state index in [1.807, 2.05) is 0 Å². The van der Waals surface area contributed by atoms with E-state index >= 15 is 0 Å². The van der Waals surface area contributed by atoms with Gasteiger partial charge in [-0.05, 0) is 63.5 Å². The van der Waals surface area contributed by atoms with Crippen LogP contribution in [-0.2, 0) is 0 Å². The Hall–Kier alpha value is -1.51. The number of aliphatic imine (C=N–C) groups is 2. The Labute approximate surface area is 172 Å². The molecular formula is C25H39N3. The topological polar surface area (TPSA) is 37.6 Å². The first-order chi connectivity index (χ1) is 13.6. The van der Waals surface area contributed by atoms with Crippen molar-refractivity contribution in [3.63, 3.8) is 0 Å². The van der Waals surface area contributed by atoms with E-state index in [0.717, 1.165) is 34.6 Å². The van der Waals surface area contributed by atoms with E-state index in [4.69, 9.17) is 15.0 Å². The monoisotopic (exact) mass is 381 g/mol. The van der Waals surface area contributed by atoms with Crippen LogP contribution in [-0.4, -0.2) is 28.5 Å². The molecule has 0 saturated heterocycles. The van der Waals surface area contributed by atoms with Crippen LogP contribution in [0.25, 0.3) is 0 Å². The third-order valence-corrected chi connectivity index (χ3v) is 7.00. The van der Waals surface area contributed by atoms with Crippen molar-refractivity contribution in [1.82, 2.24) is 4.98 Å². The maximum atomic E-state index is 5.11. The van der Waals surface area contributed by atoms with Crippen LogP contribution < -0.4 is 0 Å². The Balaban J connectivity index is 1.77. The predicted molar refractivity (Wildman–Crippen MR) is 121 cm³/mol. The minimum absolute atomic E-state index is 0.478. The van der Waals surface area contributed by atoms with Crippen molar-refractivity contribution in [2.45, 2.75) is 104 Å². The molecule has 0 N–H and O–H groups in total. The molecule has 1 aromatic heterocycles. The van der Waals surface area contributed by atoms with E-state index in [1.54, 1.807) is 0 Å². The summed E-state index contributed by atoms with van der Waals surface area (Å²) in [6.45, 7) is 8.88. The molecule has 28 heavy (non-hydrogen) atoms. The van der Waals surface area contributed by atoms with Crippen molar-refractivity contribution in [3.8, 4) is 0 Å². The van der Waals surface area contributed by atoms with Gasteiger partial charge in [-0.3, -0.25) is 9.98 Å². The van der Waals surface area contributed by atoms with Crippen LogP contribution >= 0.6 is 0 Å². The largest absolute Gasteiger partial charge is 0.284 e. The van der Waals surface area contributed by atoms with Gasteiger partial charge in [0.1, 0.15) is 0 Å². The Morgan fingerprint density at radius 1 is 0.786 bits per heavy atom. The standard InChI is InChI=1S/C25H39N3/c1-5-20-12-7-9-14-24(20)26-18(3)22-16-11-17-23(28-22)19(4)27-25-15-10-8-13-21(25)6-2/h11,16-17,20-21,24-25H,5-10,12-15H2,1-4H3/t20-,21+,24?,25?. The molecule has 2 aliphatic rings. The van der Waals surface area contributed by atoms with Crippen LogP contribution in [0.5, 0.6) is 0 Å². The molecule has 3 heteroatoms. The summed E-state index contributed by atoms with van der Waals surface area (Å²) >= 11 is 0. The highest BCUT2D eigenvalue weighted by Gasteiger charge is 2.24. The normalized spacial score (nSPS) is 29.7. The van der Waals surface area contributed by atoms with Crippen LogP contribution in [0.1, 0.15) is 103 Å². The summed E-state index contributed by atoms with van der Waals surface area (Å²) in [6, 6.07) is 7.29. The average molecular weight is 382 g/mol. The van der Waals surface area contributed by atoms with E-state index in [2.05, 4.69) is 45.9 Å². The molecule has 0 spiro atoms. The van der Waals surface area contributed by atoms with Gasteiger partial charge in [-0.25, -0.2) is 4.98 Å². The number of pyridine rings is 1.